The molecule has 0 saturated carbocycles. The quantitative estimate of drug-likeness (QED) is 0.795. The fourth-order valence-electron chi connectivity index (χ4n) is 5.25. The van der Waals surface area contributed by atoms with Gasteiger partial charge in [0.25, 0.3) is 0 Å². The molecule has 1 aromatic heterocycles. The second-order valence-electron chi connectivity index (χ2n) is 9.12. The van der Waals surface area contributed by atoms with E-state index in [1.54, 1.807) is 0 Å². The van der Waals surface area contributed by atoms with Crippen LogP contribution in [0.25, 0.3) is 0 Å². The minimum absolute atomic E-state index is 0.349. The summed E-state index contributed by atoms with van der Waals surface area (Å²) in [6, 6.07) is 4.72. The molecule has 3 aliphatic heterocycles. The lowest BCUT2D eigenvalue weighted by atomic mass is 9.72. The Labute approximate surface area is 163 Å². The number of likely N-dealkylation sites (tertiary alicyclic amines) is 3. The molecule has 1 aromatic rings. The van der Waals surface area contributed by atoms with Crippen molar-refractivity contribution in [3.05, 3.63) is 23.7 Å². The van der Waals surface area contributed by atoms with Crippen molar-refractivity contribution in [3.8, 4) is 0 Å². The molecule has 27 heavy (non-hydrogen) atoms. The van der Waals surface area contributed by atoms with Crippen LogP contribution in [0, 0.1) is 5.41 Å². The number of aryl methyl sites for hydroxylation is 1. The predicted octanol–water partition coefficient (Wildman–Crippen LogP) is 3.14. The number of furan rings is 1. The first-order valence-electron chi connectivity index (χ1n) is 10.8. The zero-order valence-electron chi connectivity index (χ0n) is 17.1. The molecule has 0 unspecified atom stereocenters. The van der Waals surface area contributed by atoms with Crippen LogP contribution in [0.15, 0.2) is 16.5 Å². The Balaban J connectivity index is 1.32. The fraction of sp³-hybridized carbons (Fsp3) is 0.773. The molecular formula is C22H35N3O2. The molecule has 150 valence electrons. The van der Waals surface area contributed by atoms with E-state index in [9.17, 15) is 4.79 Å². The number of amides is 1. The Hall–Kier alpha value is -1.33. The average molecular weight is 374 g/mol. The highest BCUT2D eigenvalue weighted by Crippen LogP contribution is 2.41. The third kappa shape index (κ3) is 4.24. The van der Waals surface area contributed by atoms with Crippen LogP contribution in [-0.2, 0) is 17.8 Å². The molecule has 1 spiro atoms. The van der Waals surface area contributed by atoms with Gasteiger partial charge in [-0.25, -0.2) is 0 Å². The van der Waals surface area contributed by atoms with E-state index in [2.05, 4.69) is 40.8 Å². The molecule has 1 atom stereocenters. The predicted molar refractivity (Wildman–Crippen MR) is 106 cm³/mol. The Bertz CT molecular complexity index is 648. The first-order valence-corrected chi connectivity index (χ1v) is 10.8. The van der Waals surface area contributed by atoms with Gasteiger partial charge in [-0.3, -0.25) is 9.69 Å². The van der Waals surface area contributed by atoms with Crippen molar-refractivity contribution in [2.45, 2.75) is 64.5 Å². The van der Waals surface area contributed by atoms with E-state index in [1.165, 1.54) is 12.8 Å². The topological polar surface area (TPSA) is 39.9 Å². The standard InChI is InChI=1S/C22H35N3O2/c1-3-4-19-5-6-20(27-19)16-24-13-10-22(11-14-24)9-7-21(26)25(17-22)18-8-12-23(2)15-18/h5-6,18H,3-4,7-17H2,1-2H3/t18-/m0/s1. The third-order valence-corrected chi connectivity index (χ3v) is 7.01. The summed E-state index contributed by atoms with van der Waals surface area (Å²) in [5.41, 5.74) is 0.349. The summed E-state index contributed by atoms with van der Waals surface area (Å²) < 4.78 is 5.97. The summed E-state index contributed by atoms with van der Waals surface area (Å²) in [7, 11) is 2.17. The smallest absolute Gasteiger partial charge is 0.222 e. The van der Waals surface area contributed by atoms with Crippen LogP contribution in [0.1, 0.15) is 57.0 Å². The van der Waals surface area contributed by atoms with Crippen LogP contribution in [0.5, 0.6) is 0 Å². The molecule has 5 heteroatoms. The van der Waals surface area contributed by atoms with Gasteiger partial charge in [-0.15, -0.1) is 0 Å². The Morgan fingerprint density at radius 1 is 1.15 bits per heavy atom. The van der Waals surface area contributed by atoms with Gasteiger partial charge in [0, 0.05) is 32.0 Å². The van der Waals surface area contributed by atoms with Gasteiger partial charge in [0.05, 0.1) is 6.54 Å². The molecule has 3 fully saturated rings. The molecule has 0 aromatic carbocycles. The van der Waals surface area contributed by atoms with E-state index >= 15 is 0 Å². The number of likely N-dealkylation sites (N-methyl/N-ethyl adjacent to an activating group) is 1. The molecular weight excluding hydrogens is 338 g/mol. The lowest BCUT2D eigenvalue weighted by Gasteiger charge is -2.49. The number of rotatable bonds is 5. The van der Waals surface area contributed by atoms with Gasteiger partial charge in [-0.05, 0) is 76.3 Å². The summed E-state index contributed by atoms with van der Waals surface area (Å²) in [4.78, 5) is 19.7. The number of carbonyl (C=O) groups excluding carboxylic acids is 1. The second kappa shape index (κ2) is 7.96. The lowest BCUT2D eigenvalue weighted by molar-refractivity contribution is -0.142. The molecule has 0 radical (unpaired) electrons. The summed E-state index contributed by atoms with van der Waals surface area (Å²) in [6.45, 7) is 8.52. The van der Waals surface area contributed by atoms with E-state index in [-0.39, 0.29) is 0 Å². The van der Waals surface area contributed by atoms with Crippen LogP contribution in [-0.4, -0.2) is 66.4 Å². The van der Waals surface area contributed by atoms with E-state index in [1.807, 2.05) is 0 Å². The lowest BCUT2D eigenvalue weighted by Crippen LogP contribution is -2.54. The highest BCUT2D eigenvalue weighted by Gasteiger charge is 2.43. The van der Waals surface area contributed by atoms with Gasteiger partial charge in [0.15, 0.2) is 0 Å². The molecule has 5 nitrogen and oxygen atoms in total. The van der Waals surface area contributed by atoms with E-state index in [0.29, 0.717) is 17.4 Å². The molecule has 3 saturated heterocycles. The first kappa shape index (κ1) is 19.0. The van der Waals surface area contributed by atoms with E-state index in [4.69, 9.17) is 4.42 Å². The second-order valence-corrected chi connectivity index (χ2v) is 9.12. The van der Waals surface area contributed by atoms with Crippen molar-refractivity contribution in [1.29, 1.82) is 0 Å². The van der Waals surface area contributed by atoms with Crippen LogP contribution >= 0.6 is 0 Å². The van der Waals surface area contributed by atoms with Gasteiger partial charge in [0.2, 0.25) is 5.91 Å². The minimum atomic E-state index is 0.349. The maximum absolute atomic E-state index is 12.6. The highest BCUT2D eigenvalue weighted by molar-refractivity contribution is 5.77. The fourth-order valence-corrected chi connectivity index (χ4v) is 5.25. The zero-order valence-corrected chi connectivity index (χ0v) is 17.1. The molecule has 3 aliphatic rings. The molecule has 1 amide bonds. The summed E-state index contributed by atoms with van der Waals surface area (Å²) >= 11 is 0. The van der Waals surface area contributed by atoms with Crippen molar-refractivity contribution in [3.63, 3.8) is 0 Å². The minimum Gasteiger partial charge on any atom is -0.465 e. The maximum atomic E-state index is 12.6. The Kier molecular flexibility index (Phi) is 5.60. The normalized spacial score (nSPS) is 27.0. The number of nitrogens with zero attached hydrogens (tertiary/aromatic N) is 3. The number of hydrogen-bond donors (Lipinski definition) is 0. The monoisotopic (exact) mass is 373 g/mol. The maximum Gasteiger partial charge on any atom is 0.222 e. The highest BCUT2D eigenvalue weighted by atomic mass is 16.3. The van der Waals surface area contributed by atoms with Gasteiger partial charge >= 0.3 is 0 Å². The van der Waals surface area contributed by atoms with Crippen molar-refractivity contribution >= 4 is 5.91 Å². The van der Waals surface area contributed by atoms with Crippen LogP contribution in [0.2, 0.25) is 0 Å². The number of hydrogen-bond acceptors (Lipinski definition) is 4. The average Bonchev–Trinajstić information content (AvgIpc) is 3.29. The molecule has 4 heterocycles. The van der Waals surface area contributed by atoms with Gasteiger partial charge < -0.3 is 14.2 Å². The van der Waals surface area contributed by atoms with Crippen molar-refractivity contribution in [1.82, 2.24) is 14.7 Å². The van der Waals surface area contributed by atoms with Gasteiger partial charge in [0.1, 0.15) is 11.5 Å². The number of carbonyl (C=O) groups is 1. The van der Waals surface area contributed by atoms with Crippen molar-refractivity contribution < 1.29 is 9.21 Å². The molecule has 0 aliphatic carbocycles. The molecule has 4 rings (SSSR count). The van der Waals surface area contributed by atoms with Crippen molar-refractivity contribution in [2.75, 3.05) is 39.8 Å². The molecule has 0 N–H and O–H groups in total. The van der Waals surface area contributed by atoms with Gasteiger partial charge in [-0.1, -0.05) is 6.92 Å². The van der Waals surface area contributed by atoms with Crippen LogP contribution in [0.3, 0.4) is 0 Å². The summed E-state index contributed by atoms with van der Waals surface area (Å²) in [6.07, 6.45) is 7.56. The Morgan fingerprint density at radius 2 is 1.93 bits per heavy atom. The first-order chi connectivity index (χ1) is 13.1. The SMILES string of the molecule is CCCc1ccc(CN2CCC3(CCC(=O)N([C@H]4CCN(C)C4)C3)CC2)o1. The largest absolute Gasteiger partial charge is 0.465 e. The summed E-state index contributed by atoms with van der Waals surface area (Å²) in [5, 5.41) is 0. The van der Waals surface area contributed by atoms with Crippen molar-refractivity contribution in [2.24, 2.45) is 5.41 Å². The van der Waals surface area contributed by atoms with Crippen LogP contribution < -0.4 is 0 Å². The van der Waals surface area contributed by atoms with E-state index < -0.39 is 0 Å². The molecule has 0 bridgehead atoms. The summed E-state index contributed by atoms with van der Waals surface area (Å²) in [5.74, 6) is 2.61. The number of piperidine rings is 2. The van der Waals surface area contributed by atoms with E-state index in [0.717, 1.165) is 82.9 Å². The third-order valence-electron chi connectivity index (χ3n) is 7.01. The Morgan fingerprint density at radius 3 is 2.63 bits per heavy atom. The van der Waals surface area contributed by atoms with Gasteiger partial charge in [-0.2, -0.15) is 0 Å². The zero-order chi connectivity index (χ0) is 18.9. The van der Waals surface area contributed by atoms with Crippen LogP contribution in [0.4, 0.5) is 0 Å².